The lowest BCUT2D eigenvalue weighted by atomic mass is 9.79. The molecule has 0 unspecified atom stereocenters. The zero-order valence-corrected chi connectivity index (χ0v) is 16.9. The summed E-state index contributed by atoms with van der Waals surface area (Å²) in [6, 6.07) is 1.50. The van der Waals surface area contributed by atoms with E-state index in [1.165, 1.54) is 51.6 Å². The fourth-order valence-electron chi connectivity index (χ4n) is 4.08. The Bertz CT molecular complexity index is 335. The van der Waals surface area contributed by atoms with E-state index in [0.717, 1.165) is 18.0 Å². The van der Waals surface area contributed by atoms with Crippen molar-refractivity contribution in [3.63, 3.8) is 0 Å². The maximum atomic E-state index is 4.47. The lowest BCUT2D eigenvalue weighted by Gasteiger charge is -2.43. The van der Waals surface area contributed by atoms with Crippen molar-refractivity contribution < 1.29 is 0 Å². The highest BCUT2D eigenvalue weighted by Crippen LogP contribution is 2.42. The fraction of sp³-hybridized carbons (Fsp3) is 1.00. The number of hydrogen-bond donors (Lipinski definition) is 2. The Balaban J connectivity index is 1.72. The zero-order valence-electron chi connectivity index (χ0n) is 15.2. The summed E-state index contributed by atoms with van der Waals surface area (Å²) < 4.78 is 0.326. The first kappa shape index (κ1) is 19.0. The summed E-state index contributed by atoms with van der Waals surface area (Å²) >= 11 is 4.47. The van der Waals surface area contributed by atoms with E-state index in [0.29, 0.717) is 10.3 Å². The molecule has 1 saturated carbocycles. The van der Waals surface area contributed by atoms with E-state index in [-0.39, 0.29) is 0 Å². The van der Waals surface area contributed by atoms with E-state index < -0.39 is 0 Å². The minimum atomic E-state index is 0.326. The summed E-state index contributed by atoms with van der Waals surface area (Å²) in [5.41, 5.74) is 0.332. The minimum absolute atomic E-state index is 0.326. The van der Waals surface area contributed by atoms with Crippen LogP contribution in [0.3, 0.4) is 0 Å². The summed E-state index contributed by atoms with van der Waals surface area (Å²) in [5.74, 6) is 0.829. The van der Waals surface area contributed by atoms with Crippen LogP contribution in [0.1, 0.15) is 73.1 Å². The number of thiol groups is 1. The SMILES string of the molecule is CC(C)(SS)C1CCC(NC2CCN(C(C)(C)C)CC2)CC1. The first-order valence-electron chi connectivity index (χ1n) is 9.06. The molecule has 0 spiro atoms. The maximum absolute atomic E-state index is 4.47. The van der Waals surface area contributed by atoms with E-state index in [1.807, 2.05) is 0 Å². The van der Waals surface area contributed by atoms with Gasteiger partial charge in [0.25, 0.3) is 0 Å². The lowest BCUT2D eigenvalue weighted by molar-refractivity contribution is 0.0909. The van der Waals surface area contributed by atoms with Gasteiger partial charge in [-0.25, -0.2) is 0 Å². The summed E-state index contributed by atoms with van der Waals surface area (Å²) in [6.45, 7) is 14.2. The van der Waals surface area contributed by atoms with Crippen LogP contribution >= 0.6 is 22.5 Å². The Morgan fingerprint density at radius 2 is 1.36 bits per heavy atom. The molecule has 2 aliphatic rings. The van der Waals surface area contributed by atoms with Gasteiger partial charge < -0.3 is 5.32 Å². The van der Waals surface area contributed by atoms with Crippen molar-refractivity contribution in [3.8, 4) is 0 Å². The van der Waals surface area contributed by atoms with Crippen molar-refractivity contribution >= 4 is 22.5 Å². The van der Waals surface area contributed by atoms with Gasteiger partial charge in [-0.1, -0.05) is 10.8 Å². The third-order valence-corrected chi connectivity index (χ3v) is 8.08. The number of nitrogens with one attached hydrogen (secondary N) is 1. The Labute approximate surface area is 147 Å². The van der Waals surface area contributed by atoms with Crippen molar-refractivity contribution in [1.29, 1.82) is 0 Å². The van der Waals surface area contributed by atoms with Crippen LogP contribution in [0.15, 0.2) is 0 Å². The molecule has 1 aliphatic heterocycles. The van der Waals surface area contributed by atoms with Gasteiger partial charge in [-0.3, -0.25) is 4.90 Å². The second-order valence-electron chi connectivity index (χ2n) is 8.84. The second-order valence-corrected chi connectivity index (χ2v) is 10.6. The highest BCUT2D eigenvalue weighted by Gasteiger charge is 2.34. The fourth-order valence-corrected chi connectivity index (χ4v) is 4.91. The first-order valence-corrected chi connectivity index (χ1v) is 10.9. The Morgan fingerprint density at radius 1 is 0.864 bits per heavy atom. The molecular formula is C18H36N2S2. The van der Waals surface area contributed by atoms with Crippen molar-refractivity contribution in [2.75, 3.05) is 13.1 Å². The van der Waals surface area contributed by atoms with Crippen molar-refractivity contribution in [1.82, 2.24) is 10.2 Å². The molecule has 0 bridgehead atoms. The van der Waals surface area contributed by atoms with Crippen LogP contribution in [0.5, 0.6) is 0 Å². The standard InChI is InChI=1S/C18H36N2S2/c1-17(2,3)20-12-10-16(11-13-20)19-15-8-6-14(7-9-15)18(4,5)22-21/h14-16,19,21H,6-13H2,1-5H3. The average Bonchev–Trinajstić information content (AvgIpc) is 2.47. The van der Waals surface area contributed by atoms with Gasteiger partial charge in [0.15, 0.2) is 0 Å². The van der Waals surface area contributed by atoms with Gasteiger partial charge in [0.2, 0.25) is 0 Å². The van der Waals surface area contributed by atoms with Gasteiger partial charge in [-0.2, -0.15) is 0 Å². The molecule has 2 rings (SSSR count). The van der Waals surface area contributed by atoms with Crippen LogP contribution in [-0.4, -0.2) is 40.4 Å². The Morgan fingerprint density at radius 3 is 1.82 bits per heavy atom. The molecule has 0 aromatic rings. The van der Waals surface area contributed by atoms with Gasteiger partial charge in [0.05, 0.1) is 0 Å². The molecule has 0 atom stereocenters. The van der Waals surface area contributed by atoms with Crippen molar-refractivity contribution in [3.05, 3.63) is 0 Å². The largest absolute Gasteiger partial charge is 0.311 e. The van der Waals surface area contributed by atoms with E-state index in [1.54, 1.807) is 10.8 Å². The van der Waals surface area contributed by atoms with E-state index in [4.69, 9.17) is 0 Å². The monoisotopic (exact) mass is 344 g/mol. The smallest absolute Gasteiger partial charge is 0.0233 e. The van der Waals surface area contributed by atoms with Crippen LogP contribution in [0, 0.1) is 5.92 Å². The quantitative estimate of drug-likeness (QED) is 0.565. The molecule has 130 valence electrons. The van der Waals surface area contributed by atoms with Crippen LogP contribution in [0.25, 0.3) is 0 Å². The highest BCUT2D eigenvalue weighted by molar-refractivity contribution is 8.69. The number of piperidine rings is 1. The molecule has 0 amide bonds. The van der Waals surface area contributed by atoms with Gasteiger partial charge in [-0.15, -0.1) is 11.7 Å². The number of rotatable bonds is 4. The Hall–Kier alpha value is 0.620. The summed E-state index contributed by atoms with van der Waals surface area (Å²) in [5, 5.41) is 3.97. The lowest BCUT2D eigenvalue weighted by Crippen LogP contribution is -2.52. The van der Waals surface area contributed by atoms with Gasteiger partial charge in [-0.05, 0) is 79.1 Å². The van der Waals surface area contributed by atoms with Gasteiger partial charge >= 0.3 is 0 Å². The molecule has 1 heterocycles. The number of hydrogen-bond acceptors (Lipinski definition) is 4. The maximum Gasteiger partial charge on any atom is 0.0233 e. The molecule has 4 heteroatoms. The van der Waals surface area contributed by atoms with Crippen molar-refractivity contribution in [2.24, 2.45) is 5.92 Å². The molecule has 2 fully saturated rings. The Kier molecular flexibility index (Phi) is 6.61. The van der Waals surface area contributed by atoms with E-state index >= 15 is 0 Å². The molecule has 0 aromatic heterocycles. The topological polar surface area (TPSA) is 15.3 Å². The summed E-state index contributed by atoms with van der Waals surface area (Å²) in [4.78, 5) is 2.63. The highest BCUT2D eigenvalue weighted by atomic mass is 33.1. The number of likely N-dealkylation sites (tertiary alicyclic amines) is 1. The number of nitrogens with zero attached hydrogens (tertiary/aromatic N) is 1. The molecule has 0 aromatic carbocycles. The third kappa shape index (κ3) is 5.06. The van der Waals surface area contributed by atoms with E-state index in [2.05, 4.69) is 56.5 Å². The van der Waals surface area contributed by atoms with Crippen LogP contribution in [0.2, 0.25) is 0 Å². The van der Waals surface area contributed by atoms with Crippen LogP contribution in [0.4, 0.5) is 0 Å². The first-order chi connectivity index (χ1) is 10.2. The molecule has 1 saturated heterocycles. The minimum Gasteiger partial charge on any atom is -0.311 e. The molecule has 1 aliphatic carbocycles. The summed E-state index contributed by atoms with van der Waals surface area (Å²) in [7, 11) is 1.74. The molecular weight excluding hydrogens is 308 g/mol. The third-order valence-electron chi connectivity index (χ3n) is 5.86. The van der Waals surface area contributed by atoms with E-state index in [9.17, 15) is 0 Å². The van der Waals surface area contributed by atoms with Crippen molar-refractivity contribution in [2.45, 2.75) is 95.5 Å². The summed E-state index contributed by atoms with van der Waals surface area (Å²) in [6.07, 6.45) is 8.05. The predicted molar refractivity (Wildman–Crippen MR) is 104 cm³/mol. The van der Waals surface area contributed by atoms with Gasteiger partial charge in [0, 0.05) is 35.5 Å². The molecule has 22 heavy (non-hydrogen) atoms. The normalized spacial score (nSPS) is 29.7. The van der Waals surface area contributed by atoms with Crippen LogP contribution in [-0.2, 0) is 0 Å². The zero-order chi connectivity index (χ0) is 16.4. The van der Waals surface area contributed by atoms with Gasteiger partial charge in [0.1, 0.15) is 0 Å². The predicted octanol–water partition coefficient (Wildman–Crippen LogP) is 4.75. The molecule has 1 N–H and O–H groups in total. The second kappa shape index (κ2) is 7.67. The van der Waals surface area contributed by atoms with Crippen LogP contribution < -0.4 is 5.32 Å². The molecule has 2 nitrogen and oxygen atoms in total. The average molecular weight is 345 g/mol. The molecule has 0 radical (unpaired) electrons.